The van der Waals surface area contributed by atoms with Crippen LogP contribution >= 0.6 is 23.1 Å². The molecule has 0 saturated carbocycles. The highest BCUT2D eigenvalue weighted by Crippen LogP contribution is 2.42. The predicted octanol–water partition coefficient (Wildman–Crippen LogP) is -0.424. The molecule has 31 heavy (non-hydrogen) atoms. The molecule has 0 aromatic carbocycles. The van der Waals surface area contributed by atoms with Crippen LogP contribution in [0.4, 0.5) is 5.13 Å². The molecule has 3 unspecified atom stereocenters. The van der Waals surface area contributed by atoms with E-state index in [1.54, 1.807) is 0 Å². The Balaban J connectivity index is 1.75. The van der Waals surface area contributed by atoms with E-state index in [-0.39, 0.29) is 28.8 Å². The van der Waals surface area contributed by atoms with Crippen LogP contribution in [0.2, 0.25) is 0 Å². The number of carboxylic acid groups (broad SMARTS) is 2. The Labute approximate surface area is 184 Å². The van der Waals surface area contributed by atoms with Gasteiger partial charge in [-0.15, -0.1) is 29.7 Å². The van der Waals surface area contributed by atoms with Gasteiger partial charge in [0.25, 0.3) is 5.91 Å². The summed E-state index contributed by atoms with van der Waals surface area (Å²) in [6, 6.07) is -0.910. The Kier molecular flexibility index (Phi) is 6.22. The third kappa shape index (κ3) is 4.20. The molecular weight excluding hydrogens is 450 g/mol. The van der Waals surface area contributed by atoms with Gasteiger partial charge < -0.3 is 31.0 Å². The highest BCUT2D eigenvalue weighted by Gasteiger charge is 2.56. The minimum atomic E-state index is -1.32. The van der Waals surface area contributed by atoms with Crippen molar-refractivity contribution in [2.45, 2.75) is 24.4 Å². The third-order valence-corrected chi connectivity index (χ3v) is 7.06. The number of hydrogen-bond donors (Lipinski definition) is 4. The van der Waals surface area contributed by atoms with Gasteiger partial charge in [0.15, 0.2) is 10.8 Å². The number of β-lactam (4-membered cyclic amide) rings is 1. The first kappa shape index (κ1) is 22.6. The number of thioether (sulfide) groups is 1. The van der Waals surface area contributed by atoms with Crippen molar-refractivity contribution in [3.8, 4) is 0 Å². The summed E-state index contributed by atoms with van der Waals surface area (Å²) in [6.45, 7) is 4.76. The normalized spacial score (nSPS) is 26.3. The molecule has 2 aliphatic rings. The zero-order valence-corrected chi connectivity index (χ0v) is 17.8. The van der Waals surface area contributed by atoms with Crippen molar-refractivity contribution >= 4 is 57.7 Å². The van der Waals surface area contributed by atoms with Gasteiger partial charge in [-0.25, -0.2) is 9.78 Å². The lowest BCUT2D eigenvalue weighted by Gasteiger charge is -2.53. The van der Waals surface area contributed by atoms with Gasteiger partial charge in [0.2, 0.25) is 12.0 Å². The molecule has 1 aromatic rings. The standard InChI is InChI=1S/C17H19N5O7S2/c1-3-17(15(27)28)5-22-12(24)10(13(22)31-6-17)20-11(23)9(8-4-30-16(18)19-8)21-29-7(2)14(25)26/h3-4,7,10,13H,1,5-6H2,2H3,(H2,18,19)(H,20,23)(H,25,26)(H,27,28)/t7?,10?,13-,17?/m1/s1. The summed E-state index contributed by atoms with van der Waals surface area (Å²) in [5.74, 6) is -3.42. The lowest BCUT2D eigenvalue weighted by molar-refractivity contribution is -0.156. The summed E-state index contributed by atoms with van der Waals surface area (Å²) in [4.78, 5) is 58.1. The molecule has 0 spiro atoms. The predicted molar refractivity (Wildman–Crippen MR) is 111 cm³/mol. The van der Waals surface area contributed by atoms with Crippen LogP contribution in [-0.2, 0) is 24.0 Å². The van der Waals surface area contributed by atoms with Crippen molar-refractivity contribution in [2.24, 2.45) is 10.6 Å². The summed E-state index contributed by atoms with van der Waals surface area (Å²) < 4.78 is 0. The molecular formula is C17H19N5O7S2. The molecule has 5 N–H and O–H groups in total. The maximum absolute atomic E-state index is 12.8. The number of nitrogen functional groups attached to an aromatic ring is 1. The second kappa shape index (κ2) is 8.55. The van der Waals surface area contributed by atoms with Gasteiger partial charge >= 0.3 is 11.9 Å². The first-order valence-corrected chi connectivity index (χ1v) is 10.8. The average Bonchev–Trinajstić information content (AvgIpc) is 3.16. The minimum absolute atomic E-state index is 0.0441. The van der Waals surface area contributed by atoms with Crippen molar-refractivity contribution in [1.29, 1.82) is 0 Å². The average molecular weight is 470 g/mol. The van der Waals surface area contributed by atoms with E-state index in [4.69, 9.17) is 15.7 Å². The van der Waals surface area contributed by atoms with Crippen molar-refractivity contribution in [1.82, 2.24) is 15.2 Å². The lowest BCUT2D eigenvalue weighted by Crippen LogP contribution is -2.73. The van der Waals surface area contributed by atoms with Gasteiger partial charge in [-0.05, 0) is 6.92 Å². The first-order valence-electron chi connectivity index (χ1n) is 8.87. The lowest BCUT2D eigenvalue weighted by atomic mass is 9.87. The van der Waals surface area contributed by atoms with E-state index >= 15 is 0 Å². The van der Waals surface area contributed by atoms with Crippen LogP contribution in [0.3, 0.4) is 0 Å². The minimum Gasteiger partial charge on any atom is -0.481 e. The number of thiazole rings is 1. The van der Waals surface area contributed by atoms with Crippen LogP contribution in [0.25, 0.3) is 0 Å². The van der Waals surface area contributed by atoms with Gasteiger partial charge in [0.05, 0.1) is 0 Å². The Morgan fingerprint density at radius 3 is 2.77 bits per heavy atom. The molecule has 166 valence electrons. The number of carboxylic acids is 2. The van der Waals surface area contributed by atoms with Gasteiger partial charge in [-0.2, -0.15) is 0 Å². The number of nitrogens with one attached hydrogen (secondary N) is 1. The highest BCUT2D eigenvalue weighted by atomic mass is 32.2. The topological polar surface area (TPSA) is 185 Å². The largest absolute Gasteiger partial charge is 0.481 e. The summed E-state index contributed by atoms with van der Waals surface area (Å²) in [5, 5.41) is 25.7. The van der Waals surface area contributed by atoms with E-state index in [1.165, 1.54) is 35.0 Å². The Morgan fingerprint density at radius 2 is 2.23 bits per heavy atom. The SMILES string of the molecule is C=CC1(C(=O)O)CS[C@@H]2C(NC(=O)C(=NOC(C)C(=O)O)c3csc(N)n3)C(=O)N2C1. The van der Waals surface area contributed by atoms with Gasteiger partial charge in [-0.3, -0.25) is 14.4 Å². The number of oxime groups is 1. The van der Waals surface area contributed by atoms with Gasteiger partial charge in [-0.1, -0.05) is 11.2 Å². The molecule has 2 aliphatic heterocycles. The van der Waals surface area contributed by atoms with Gasteiger partial charge in [0, 0.05) is 17.7 Å². The van der Waals surface area contributed by atoms with Gasteiger partial charge in [0.1, 0.15) is 22.5 Å². The number of rotatable bonds is 8. The maximum atomic E-state index is 12.8. The van der Waals surface area contributed by atoms with Crippen LogP contribution in [0.5, 0.6) is 0 Å². The van der Waals surface area contributed by atoms with Crippen LogP contribution < -0.4 is 11.1 Å². The van der Waals surface area contributed by atoms with E-state index in [1.807, 2.05) is 0 Å². The van der Waals surface area contributed by atoms with E-state index in [9.17, 15) is 24.3 Å². The van der Waals surface area contributed by atoms with Crippen molar-refractivity contribution in [3.05, 3.63) is 23.7 Å². The van der Waals surface area contributed by atoms with Crippen molar-refractivity contribution in [3.63, 3.8) is 0 Å². The molecule has 2 amide bonds. The molecule has 3 heterocycles. The smallest absolute Gasteiger partial charge is 0.347 e. The second-order valence-electron chi connectivity index (χ2n) is 6.88. The molecule has 0 aliphatic carbocycles. The molecule has 3 rings (SSSR count). The number of anilines is 1. The van der Waals surface area contributed by atoms with Crippen LogP contribution in [0, 0.1) is 5.41 Å². The van der Waals surface area contributed by atoms with E-state index in [2.05, 4.69) is 22.0 Å². The van der Waals surface area contributed by atoms with E-state index in [0.717, 1.165) is 11.3 Å². The van der Waals surface area contributed by atoms with E-state index < -0.39 is 46.7 Å². The highest BCUT2D eigenvalue weighted by molar-refractivity contribution is 8.00. The number of fused-ring (bicyclic) bond motifs is 1. The van der Waals surface area contributed by atoms with Crippen LogP contribution in [0.1, 0.15) is 12.6 Å². The zero-order chi connectivity index (χ0) is 22.9. The number of aromatic nitrogens is 1. The number of amides is 2. The van der Waals surface area contributed by atoms with E-state index in [0.29, 0.717) is 0 Å². The summed E-state index contributed by atoms with van der Waals surface area (Å²) in [5.41, 5.74) is 4.07. The molecule has 14 heteroatoms. The molecule has 2 fully saturated rings. The molecule has 2 saturated heterocycles. The first-order chi connectivity index (χ1) is 14.6. The number of carbonyl (C=O) groups is 4. The number of carbonyl (C=O) groups excluding carboxylic acids is 2. The molecule has 0 bridgehead atoms. The maximum Gasteiger partial charge on any atom is 0.347 e. The monoisotopic (exact) mass is 469 g/mol. The Bertz CT molecular complexity index is 980. The molecule has 1 aromatic heterocycles. The quantitative estimate of drug-likeness (QED) is 0.169. The number of nitrogens with zero attached hydrogens (tertiary/aromatic N) is 3. The summed E-state index contributed by atoms with van der Waals surface area (Å²) in [7, 11) is 0. The number of hydrogen-bond acceptors (Lipinski definition) is 10. The van der Waals surface area contributed by atoms with Crippen LogP contribution in [-0.4, -0.2) is 79.4 Å². The number of aliphatic carboxylic acids is 2. The fourth-order valence-electron chi connectivity index (χ4n) is 2.92. The second-order valence-corrected chi connectivity index (χ2v) is 8.88. The van der Waals surface area contributed by atoms with Crippen LogP contribution in [0.15, 0.2) is 23.2 Å². The molecule has 4 atom stereocenters. The Morgan fingerprint density at radius 1 is 1.52 bits per heavy atom. The van der Waals surface area contributed by atoms with Crippen molar-refractivity contribution < 1.29 is 34.2 Å². The summed E-state index contributed by atoms with van der Waals surface area (Å²) in [6.07, 6.45) is -0.00706. The fraction of sp³-hybridized carbons (Fsp3) is 0.412. The molecule has 0 radical (unpaired) electrons. The summed E-state index contributed by atoms with van der Waals surface area (Å²) >= 11 is 2.26. The van der Waals surface area contributed by atoms with Crippen molar-refractivity contribution in [2.75, 3.05) is 18.0 Å². The zero-order valence-electron chi connectivity index (χ0n) is 16.2. The fourth-order valence-corrected chi connectivity index (χ4v) is 5.01. The Hall–Kier alpha value is -3.13. The third-order valence-electron chi connectivity index (χ3n) is 4.84. The number of nitrogens with two attached hydrogens (primary N) is 1. The molecule has 12 nitrogen and oxygen atoms in total.